The number of amides is 2. The van der Waals surface area contributed by atoms with Gasteiger partial charge in [-0.3, -0.25) is 5.32 Å². The summed E-state index contributed by atoms with van der Waals surface area (Å²) in [6.45, 7) is 2.09. The molecule has 2 N–H and O–H groups in total. The summed E-state index contributed by atoms with van der Waals surface area (Å²) in [6, 6.07) is 5.03. The highest BCUT2D eigenvalue weighted by Gasteiger charge is 2.18. The lowest BCUT2D eigenvalue weighted by Gasteiger charge is -2.15. The summed E-state index contributed by atoms with van der Waals surface area (Å²) in [5.74, 6) is 1.62. The van der Waals surface area contributed by atoms with Crippen LogP contribution in [-0.2, 0) is 6.54 Å². The Morgan fingerprint density at radius 3 is 3.00 bits per heavy atom. The van der Waals surface area contributed by atoms with Crippen LogP contribution in [0, 0.1) is 6.92 Å². The number of hydrogen-bond donors (Lipinski definition) is 2. The number of anilines is 1. The zero-order valence-corrected chi connectivity index (χ0v) is 13.0. The Kier molecular flexibility index (Phi) is 4.75. The molecule has 7 heteroatoms. The molecule has 1 fully saturated rings. The van der Waals surface area contributed by atoms with Gasteiger partial charge >= 0.3 is 6.03 Å². The number of carbonyl (C=O) groups excluding carboxylic acids is 1. The lowest BCUT2D eigenvalue weighted by Crippen LogP contribution is -2.28. The number of urea groups is 1. The normalized spacial score (nSPS) is 14.7. The molecule has 3 rings (SSSR count). The summed E-state index contributed by atoms with van der Waals surface area (Å²) in [6.07, 6.45) is 6.46. The van der Waals surface area contributed by atoms with Crippen molar-refractivity contribution >= 4 is 11.8 Å². The van der Waals surface area contributed by atoms with Gasteiger partial charge in [-0.25, -0.2) is 9.78 Å². The quantitative estimate of drug-likeness (QED) is 0.885. The first-order chi connectivity index (χ1) is 11.2. The van der Waals surface area contributed by atoms with Gasteiger partial charge in [0.25, 0.3) is 0 Å². The second kappa shape index (κ2) is 7.13. The van der Waals surface area contributed by atoms with E-state index in [1.807, 2.05) is 12.1 Å². The number of nitrogens with one attached hydrogen (secondary N) is 2. The smallest absolute Gasteiger partial charge is 0.320 e. The molecule has 2 heterocycles. The third-order valence-corrected chi connectivity index (χ3v) is 3.74. The Hall–Kier alpha value is -2.57. The molecular formula is C16H20N4O3. The minimum absolute atomic E-state index is 0.232. The molecule has 0 bridgehead atoms. The maximum absolute atomic E-state index is 11.9. The molecule has 23 heavy (non-hydrogen) atoms. The molecule has 122 valence electrons. The molecule has 2 aromatic heterocycles. The van der Waals surface area contributed by atoms with Gasteiger partial charge in [-0.2, -0.15) is 0 Å². The van der Waals surface area contributed by atoms with Gasteiger partial charge in [0, 0.05) is 24.4 Å². The first-order valence-electron chi connectivity index (χ1n) is 7.79. The van der Waals surface area contributed by atoms with E-state index < -0.39 is 0 Å². The number of ether oxygens (including phenoxy) is 1. The Labute approximate surface area is 134 Å². The highest BCUT2D eigenvalue weighted by molar-refractivity contribution is 5.88. The second-order valence-corrected chi connectivity index (χ2v) is 5.62. The van der Waals surface area contributed by atoms with E-state index in [0.717, 1.165) is 18.4 Å². The third kappa shape index (κ3) is 4.21. The molecule has 0 aromatic carbocycles. The summed E-state index contributed by atoms with van der Waals surface area (Å²) in [5.41, 5.74) is 0.853. The first-order valence-corrected chi connectivity index (χ1v) is 7.79. The van der Waals surface area contributed by atoms with Crippen LogP contribution in [0.4, 0.5) is 10.6 Å². The van der Waals surface area contributed by atoms with Gasteiger partial charge in [0.15, 0.2) is 5.82 Å². The van der Waals surface area contributed by atoms with Crippen LogP contribution in [0.25, 0.3) is 0 Å². The number of hydrogen-bond acceptors (Lipinski definition) is 5. The average Bonchev–Trinajstić information content (AvgIpc) is 3.18. The van der Waals surface area contributed by atoms with Crippen LogP contribution >= 0.6 is 0 Å². The van der Waals surface area contributed by atoms with Crippen molar-refractivity contribution < 1.29 is 14.1 Å². The largest absolute Gasteiger partial charge is 0.474 e. The van der Waals surface area contributed by atoms with E-state index in [2.05, 4.69) is 20.8 Å². The van der Waals surface area contributed by atoms with Gasteiger partial charge in [-0.05, 0) is 38.7 Å². The van der Waals surface area contributed by atoms with Gasteiger partial charge in [0.2, 0.25) is 5.88 Å². The zero-order valence-electron chi connectivity index (χ0n) is 13.0. The maximum Gasteiger partial charge on any atom is 0.320 e. The zero-order chi connectivity index (χ0) is 16.1. The number of pyridine rings is 1. The van der Waals surface area contributed by atoms with Crippen LogP contribution in [0.1, 0.15) is 37.0 Å². The van der Waals surface area contributed by atoms with Crippen LogP contribution in [0.3, 0.4) is 0 Å². The molecule has 0 aliphatic heterocycles. The van der Waals surface area contributed by atoms with E-state index in [9.17, 15) is 4.79 Å². The van der Waals surface area contributed by atoms with Gasteiger partial charge in [-0.15, -0.1) is 0 Å². The minimum Gasteiger partial charge on any atom is -0.474 e. The molecule has 1 aliphatic rings. The van der Waals surface area contributed by atoms with Crippen molar-refractivity contribution in [1.82, 2.24) is 15.5 Å². The van der Waals surface area contributed by atoms with E-state index in [-0.39, 0.29) is 12.1 Å². The monoisotopic (exact) mass is 316 g/mol. The van der Waals surface area contributed by atoms with Crippen molar-refractivity contribution in [2.24, 2.45) is 0 Å². The highest BCUT2D eigenvalue weighted by Crippen LogP contribution is 2.24. The molecule has 2 amide bonds. The molecule has 0 spiro atoms. The van der Waals surface area contributed by atoms with Crippen molar-refractivity contribution in [3.63, 3.8) is 0 Å². The van der Waals surface area contributed by atoms with E-state index in [1.165, 1.54) is 12.8 Å². The predicted octanol–water partition coefficient (Wildman–Crippen LogP) is 3.02. The Morgan fingerprint density at radius 2 is 2.26 bits per heavy atom. The molecular weight excluding hydrogens is 296 g/mol. The van der Waals surface area contributed by atoms with Crippen LogP contribution in [-0.4, -0.2) is 22.3 Å². The predicted molar refractivity (Wildman–Crippen MR) is 84.2 cm³/mol. The molecule has 0 saturated heterocycles. The minimum atomic E-state index is -0.353. The summed E-state index contributed by atoms with van der Waals surface area (Å²) < 4.78 is 10.8. The fourth-order valence-electron chi connectivity index (χ4n) is 2.59. The number of rotatable bonds is 5. The average molecular weight is 316 g/mol. The van der Waals surface area contributed by atoms with Crippen molar-refractivity contribution in [1.29, 1.82) is 0 Å². The first kappa shape index (κ1) is 15.3. The fourth-order valence-corrected chi connectivity index (χ4v) is 2.59. The number of aromatic nitrogens is 2. The summed E-state index contributed by atoms with van der Waals surface area (Å²) in [5, 5.41) is 9.09. The summed E-state index contributed by atoms with van der Waals surface area (Å²) >= 11 is 0. The summed E-state index contributed by atoms with van der Waals surface area (Å²) in [7, 11) is 0. The lowest BCUT2D eigenvalue weighted by molar-refractivity contribution is 0.199. The van der Waals surface area contributed by atoms with Gasteiger partial charge in [0.05, 0.1) is 0 Å². The van der Waals surface area contributed by atoms with E-state index in [4.69, 9.17) is 9.26 Å². The molecule has 1 aliphatic carbocycles. The Balaban J connectivity index is 1.55. The number of carbonyl (C=O) groups is 1. The van der Waals surface area contributed by atoms with Gasteiger partial charge < -0.3 is 14.6 Å². The van der Waals surface area contributed by atoms with Crippen LogP contribution < -0.4 is 15.4 Å². The van der Waals surface area contributed by atoms with Crippen molar-refractivity contribution in [2.45, 2.75) is 45.3 Å². The van der Waals surface area contributed by atoms with E-state index in [0.29, 0.717) is 24.0 Å². The SMILES string of the molecule is Cc1cc(NC(=O)NCc2cccnc2OC2CCCC2)no1. The van der Waals surface area contributed by atoms with Gasteiger partial charge in [0.1, 0.15) is 11.9 Å². The molecule has 0 radical (unpaired) electrons. The van der Waals surface area contributed by atoms with Crippen molar-refractivity contribution in [2.75, 3.05) is 5.32 Å². The van der Waals surface area contributed by atoms with Crippen LogP contribution in [0.2, 0.25) is 0 Å². The maximum atomic E-state index is 11.9. The Bertz CT molecular complexity index is 665. The fraction of sp³-hybridized carbons (Fsp3) is 0.438. The lowest BCUT2D eigenvalue weighted by atomic mass is 10.2. The van der Waals surface area contributed by atoms with E-state index in [1.54, 1.807) is 19.2 Å². The highest BCUT2D eigenvalue weighted by atomic mass is 16.5. The van der Waals surface area contributed by atoms with Gasteiger partial charge in [-0.1, -0.05) is 11.2 Å². The van der Waals surface area contributed by atoms with Crippen LogP contribution in [0.5, 0.6) is 5.88 Å². The van der Waals surface area contributed by atoms with Crippen LogP contribution in [0.15, 0.2) is 28.9 Å². The molecule has 0 atom stereocenters. The second-order valence-electron chi connectivity index (χ2n) is 5.62. The summed E-state index contributed by atoms with van der Waals surface area (Å²) in [4.78, 5) is 16.2. The van der Waals surface area contributed by atoms with Crippen molar-refractivity contribution in [3.05, 3.63) is 35.7 Å². The number of aryl methyl sites for hydroxylation is 1. The molecule has 1 saturated carbocycles. The standard InChI is InChI=1S/C16H20N4O3/c1-11-9-14(20-23-11)19-16(21)18-10-12-5-4-8-17-15(12)22-13-6-2-3-7-13/h4-5,8-9,13H,2-3,6-7,10H2,1H3,(H2,18,19,20,21). The van der Waals surface area contributed by atoms with E-state index >= 15 is 0 Å². The molecule has 2 aromatic rings. The topological polar surface area (TPSA) is 89.3 Å². The Morgan fingerprint density at radius 1 is 1.43 bits per heavy atom. The van der Waals surface area contributed by atoms with Crippen molar-refractivity contribution in [3.8, 4) is 5.88 Å². The molecule has 7 nitrogen and oxygen atoms in total. The number of nitrogens with zero attached hydrogens (tertiary/aromatic N) is 2. The molecule has 0 unspecified atom stereocenters. The third-order valence-electron chi connectivity index (χ3n) is 3.74.